The first-order chi connectivity index (χ1) is 9.63. The fraction of sp³-hybridized carbons (Fsp3) is 0.250. The Morgan fingerprint density at radius 3 is 2.75 bits per heavy atom. The molecule has 1 aromatic heterocycles. The third kappa shape index (κ3) is 3.40. The highest BCUT2D eigenvalue weighted by molar-refractivity contribution is 8.01. The van der Waals surface area contributed by atoms with Crippen LogP contribution in [0.25, 0.3) is 0 Å². The number of anilines is 1. The monoisotopic (exact) mass is 311 g/mol. The summed E-state index contributed by atoms with van der Waals surface area (Å²) in [5.74, 6) is 1.30. The number of ether oxygens (including phenoxy) is 2. The number of Topliss-reactive ketones (excluding diaryl/α,β-unsaturated/α-hetero) is 1. The van der Waals surface area contributed by atoms with Crippen molar-refractivity contribution in [2.45, 2.75) is 4.34 Å². The molecule has 20 heavy (non-hydrogen) atoms. The van der Waals surface area contributed by atoms with Crippen molar-refractivity contribution in [2.24, 2.45) is 0 Å². The first-order valence-corrected chi connectivity index (χ1v) is 7.41. The van der Waals surface area contributed by atoms with Gasteiger partial charge < -0.3 is 15.2 Å². The predicted octanol–water partition coefficient (Wildman–Crippen LogP) is 2.11. The topological polar surface area (TPSA) is 87.3 Å². The summed E-state index contributed by atoms with van der Waals surface area (Å²) in [5.41, 5.74) is 5.97. The Labute approximate surface area is 124 Å². The molecule has 2 N–H and O–H groups in total. The van der Waals surface area contributed by atoms with Crippen LogP contribution < -0.4 is 15.2 Å². The number of nitrogen functional groups attached to an aromatic ring is 1. The van der Waals surface area contributed by atoms with Crippen molar-refractivity contribution in [2.75, 3.05) is 25.7 Å². The molecule has 8 heteroatoms. The highest BCUT2D eigenvalue weighted by Crippen LogP contribution is 2.28. The lowest BCUT2D eigenvalue weighted by Crippen LogP contribution is -2.05. The van der Waals surface area contributed by atoms with Crippen LogP contribution in [0.3, 0.4) is 0 Å². The van der Waals surface area contributed by atoms with E-state index >= 15 is 0 Å². The minimum Gasteiger partial charge on any atom is -0.497 e. The minimum atomic E-state index is -0.0699. The van der Waals surface area contributed by atoms with E-state index in [0.29, 0.717) is 26.5 Å². The molecule has 0 aliphatic heterocycles. The van der Waals surface area contributed by atoms with E-state index in [-0.39, 0.29) is 11.5 Å². The number of carbonyl (C=O) groups excluding carboxylic acids is 1. The molecule has 0 amide bonds. The van der Waals surface area contributed by atoms with Gasteiger partial charge in [-0.05, 0) is 18.2 Å². The molecule has 0 fully saturated rings. The van der Waals surface area contributed by atoms with Gasteiger partial charge in [-0.1, -0.05) is 23.1 Å². The van der Waals surface area contributed by atoms with Gasteiger partial charge in [-0.2, -0.15) is 0 Å². The standard InChI is InChI=1S/C12H13N3O3S2/c1-17-7-3-4-10(18-2)8(5-7)9(16)6-19-12-15-14-11(13)20-12/h3-5H,6H2,1-2H3,(H2,13,14). The van der Waals surface area contributed by atoms with Gasteiger partial charge in [0.2, 0.25) is 5.13 Å². The van der Waals surface area contributed by atoms with Gasteiger partial charge in [-0.25, -0.2) is 0 Å². The molecule has 0 bridgehead atoms. The van der Waals surface area contributed by atoms with Crippen LogP contribution in [0.15, 0.2) is 22.5 Å². The summed E-state index contributed by atoms with van der Waals surface area (Å²) in [7, 11) is 3.08. The second kappa shape index (κ2) is 6.58. The van der Waals surface area contributed by atoms with E-state index in [1.165, 1.54) is 30.2 Å². The molecule has 1 heterocycles. The molecule has 0 unspecified atom stereocenters. The van der Waals surface area contributed by atoms with Gasteiger partial charge in [0.05, 0.1) is 25.5 Å². The number of thioether (sulfide) groups is 1. The van der Waals surface area contributed by atoms with Crippen molar-refractivity contribution in [1.82, 2.24) is 10.2 Å². The van der Waals surface area contributed by atoms with Crippen LogP contribution >= 0.6 is 23.1 Å². The Bertz CT molecular complexity index is 616. The van der Waals surface area contributed by atoms with Gasteiger partial charge in [0, 0.05) is 0 Å². The van der Waals surface area contributed by atoms with Crippen LogP contribution in [0.1, 0.15) is 10.4 Å². The maximum atomic E-state index is 12.2. The number of benzene rings is 1. The van der Waals surface area contributed by atoms with Crippen LogP contribution in [-0.2, 0) is 0 Å². The van der Waals surface area contributed by atoms with Gasteiger partial charge in [-0.3, -0.25) is 4.79 Å². The number of hydrogen-bond donors (Lipinski definition) is 1. The first kappa shape index (κ1) is 14.6. The summed E-state index contributed by atoms with van der Waals surface area (Å²) in [4.78, 5) is 12.2. The lowest BCUT2D eigenvalue weighted by Gasteiger charge is -2.09. The highest BCUT2D eigenvalue weighted by Gasteiger charge is 2.15. The molecule has 6 nitrogen and oxygen atoms in total. The van der Waals surface area contributed by atoms with E-state index in [1.54, 1.807) is 25.3 Å². The summed E-state index contributed by atoms with van der Waals surface area (Å²) in [6.45, 7) is 0. The molecule has 0 saturated carbocycles. The predicted molar refractivity (Wildman–Crippen MR) is 78.9 cm³/mol. The molecular weight excluding hydrogens is 298 g/mol. The van der Waals surface area contributed by atoms with E-state index in [1.807, 2.05) is 0 Å². The molecule has 2 rings (SSSR count). The number of rotatable bonds is 6. The van der Waals surface area contributed by atoms with Crippen LogP contribution in [0, 0.1) is 0 Å². The average molecular weight is 311 g/mol. The van der Waals surface area contributed by atoms with Crippen LogP contribution in [0.5, 0.6) is 11.5 Å². The summed E-state index contributed by atoms with van der Waals surface area (Å²) < 4.78 is 11.0. The smallest absolute Gasteiger partial charge is 0.203 e. The maximum absolute atomic E-state index is 12.2. The van der Waals surface area contributed by atoms with Crippen molar-refractivity contribution < 1.29 is 14.3 Å². The zero-order valence-corrected chi connectivity index (χ0v) is 12.6. The quantitative estimate of drug-likeness (QED) is 0.645. The van der Waals surface area contributed by atoms with Crippen molar-refractivity contribution >= 4 is 34.0 Å². The number of nitrogens with two attached hydrogens (primary N) is 1. The summed E-state index contributed by atoms with van der Waals surface area (Å²) >= 11 is 2.55. The summed E-state index contributed by atoms with van der Waals surface area (Å²) in [5, 5.41) is 7.94. The Morgan fingerprint density at radius 1 is 1.35 bits per heavy atom. The normalized spacial score (nSPS) is 10.3. The molecular formula is C12H13N3O3S2. The van der Waals surface area contributed by atoms with E-state index in [2.05, 4.69) is 10.2 Å². The number of methoxy groups -OCH3 is 2. The summed E-state index contributed by atoms with van der Waals surface area (Å²) in [6, 6.07) is 5.12. The lowest BCUT2D eigenvalue weighted by molar-refractivity contribution is 0.101. The Kier molecular flexibility index (Phi) is 4.80. The fourth-order valence-corrected chi connectivity index (χ4v) is 3.04. The van der Waals surface area contributed by atoms with E-state index in [4.69, 9.17) is 15.2 Å². The SMILES string of the molecule is COc1ccc(OC)c(C(=O)CSc2nnc(N)s2)c1. The van der Waals surface area contributed by atoms with Gasteiger partial charge in [0.1, 0.15) is 11.5 Å². The van der Waals surface area contributed by atoms with Gasteiger partial charge >= 0.3 is 0 Å². The highest BCUT2D eigenvalue weighted by atomic mass is 32.2. The van der Waals surface area contributed by atoms with Crippen LogP contribution in [0.4, 0.5) is 5.13 Å². The minimum absolute atomic E-state index is 0.0699. The maximum Gasteiger partial charge on any atom is 0.203 e. The van der Waals surface area contributed by atoms with Gasteiger partial charge in [0.15, 0.2) is 10.1 Å². The van der Waals surface area contributed by atoms with Gasteiger partial charge in [-0.15, -0.1) is 10.2 Å². The Balaban J connectivity index is 2.11. The van der Waals surface area contributed by atoms with Crippen molar-refractivity contribution in [1.29, 1.82) is 0 Å². The van der Waals surface area contributed by atoms with Crippen molar-refractivity contribution in [3.8, 4) is 11.5 Å². The molecule has 106 valence electrons. The molecule has 2 aromatic rings. The number of hydrogen-bond acceptors (Lipinski definition) is 8. The van der Waals surface area contributed by atoms with Crippen LogP contribution in [0.2, 0.25) is 0 Å². The zero-order chi connectivity index (χ0) is 14.5. The molecule has 0 spiro atoms. The Morgan fingerprint density at radius 2 is 2.15 bits per heavy atom. The molecule has 0 atom stereocenters. The van der Waals surface area contributed by atoms with E-state index < -0.39 is 0 Å². The molecule has 0 radical (unpaired) electrons. The molecule has 0 aliphatic rings. The van der Waals surface area contributed by atoms with E-state index in [0.717, 1.165) is 0 Å². The third-order valence-electron chi connectivity index (χ3n) is 2.46. The first-order valence-electron chi connectivity index (χ1n) is 5.61. The van der Waals surface area contributed by atoms with Crippen molar-refractivity contribution in [3.63, 3.8) is 0 Å². The van der Waals surface area contributed by atoms with Crippen molar-refractivity contribution in [3.05, 3.63) is 23.8 Å². The molecule has 0 saturated heterocycles. The molecule has 0 aliphatic carbocycles. The third-order valence-corrected chi connectivity index (χ3v) is 4.34. The average Bonchev–Trinajstić information content (AvgIpc) is 2.89. The zero-order valence-electron chi connectivity index (χ0n) is 11.0. The van der Waals surface area contributed by atoms with Crippen LogP contribution in [-0.4, -0.2) is 36.0 Å². The largest absolute Gasteiger partial charge is 0.497 e. The number of carbonyl (C=O) groups is 1. The van der Waals surface area contributed by atoms with E-state index in [9.17, 15) is 4.79 Å². The second-order valence-electron chi connectivity index (χ2n) is 3.68. The Hall–Kier alpha value is -1.80. The number of nitrogens with zero attached hydrogens (tertiary/aromatic N) is 2. The second-order valence-corrected chi connectivity index (χ2v) is 5.92. The summed E-state index contributed by atoms with van der Waals surface area (Å²) in [6.07, 6.45) is 0. The fourth-order valence-electron chi connectivity index (χ4n) is 1.52. The number of ketones is 1. The molecule has 1 aromatic carbocycles. The van der Waals surface area contributed by atoms with Gasteiger partial charge in [0.25, 0.3) is 0 Å². The lowest BCUT2D eigenvalue weighted by atomic mass is 10.1. The number of aromatic nitrogens is 2.